The molecule has 1 N–H and O–H groups in total. The van der Waals surface area contributed by atoms with Crippen molar-refractivity contribution in [2.45, 2.75) is 64.7 Å². The fourth-order valence-corrected chi connectivity index (χ4v) is 7.42. The standard InChI is InChI=1S/C29H37N3O/c1-4-32(5-2)26-12-8-22(9-13-26)19-30-31-27(33)29-17-23-14-24(18-29)16-28(15-23,20-29)25-10-6-21(3)7-11-25/h6-13,19,23-24H,4-5,14-18,20H2,1-3H3,(H,31,33). The zero-order chi connectivity index (χ0) is 23.1. The van der Waals surface area contributed by atoms with Gasteiger partial charge in [-0.1, -0.05) is 42.0 Å². The van der Waals surface area contributed by atoms with E-state index in [0.29, 0.717) is 11.8 Å². The van der Waals surface area contributed by atoms with E-state index in [-0.39, 0.29) is 16.7 Å². The van der Waals surface area contributed by atoms with Gasteiger partial charge < -0.3 is 4.90 Å². The maximum atomic E-state index is 13.5. The summed E-state index contributed by atoms with van der Waals surface area (Å²) in [5.74, 6) is 1.45. The van der Waals surface area contributed by atoms with E-state index in [0.717, 1.165) is 37.9 Å². The van der Waals surface area contributed by atoms with Crippen LogP contribution in [0.5, 0.6) is 0 Å². The number of nitrogens with one attached hydrogen (secondary N) is 1. The fraction of sp³-hybridized carbons (Fsp3) is 0.517. The number of carbonyl (C=O) groups is 1. The molecule has 4 fully saturated rings. The smallest absolute Gasteiger partial charge is 0.246 e. The van der Waals surface area contributed by atoms with Gasteiger partial charge in [0.2, 0.25) is 5.91 Å². The number of carbonyl (C=O) groups excluding carboxylic acids is 1. The van der Waals surface area contributed by atoms with Crippen LogP contribution in [0.2, 0.25) is 0 Å². The molecule has 6 rings (SSSR count). The highest BCUT2D eigenvalue weighted by molar-refractivity contribution is 5.86. The van der Waals surface area contributed by atoms with E-state index in [1.54, 1.807) is 6.21 Å². The predicted octanol–water partition coefficient (Wildman–Crippen LogP) is 5.83. The first-order chi connectivity index (χ1) is 15.9. The summed E-state index contributed by atoms with van der Waals surface area (Å²) in [5, 5.41) is 4.38. The number of anilines is 1. The first kappa shape index (κ1) is 22.2. The number of benzene rings is 2. The van der Waals surface area contributed by atoms with Crippen molar-refractivity contribution >= 4 is 17.8 Å². The highest BCUT2D eigenvalue weighted by Gasteiger charge is 2.60. The largest absolute Gasteiger partial charge is 0.372 e. The highest BCUT2D eigenvalue weighted by Crippen LogP contribution is 2.65. The molecule has 0 spiro atoms. The molecule has 0 aliphatic heterocycles. The third-order valence-electron chi connectivity index (χ3n) is 8.61. The molecule has 4 heteroatoms. The molecule has 4 nitrogen and oxygen atoms in total. The lowest BCUT2D eigenvalue weighted by Crippen LogP contribution is -2.58. The molecule has 174 valence electrons. The molecule has 2 atom stereocenters. The van der Waals surface area contributed by atoms with Gasteiger partial charge >= 0.3 is 0 Å². The number of rotatable bonds is 7. The van der Waals surface area contributed by atoms with Crippen molar-refractivity contribution in [3.05, 3.63) is 65.2 Å². The van der Waals surface area contributed by atoms with E-state index < -0.39 is 0 Å². The summed E-state index contributed by atoms with van der Waals surface area (Å²) in [6, 6.07) is 17.5. The minimum absolute atomic E-state index is 0.129. The summed E-state index contributed by atoms with van der Waals surface area (Å²) >= 11 is 0. The van der Waals surface area contributed by atoms with Crippen molar-refractivity contribution < 1.29 is 4.79 Å². The average Bonchev–Trinajstić information content (AvgIpc) is 2.80. The monoisotopic (exact) mass is 443 g/mol. The summed E-state index contributed by atoms with van der Waals surface area (Å²) in [5.41, 5.74) is 7.81. The molecule has 2 aromatic rings. The molecule has 2 aromatic carbocycles. The third-order valence-corrected chi connectivity index (χ3v) is 8.61. The molecule has 4 saturated carbocycles. The van der Waals surface area contributed by atoms with Gasteiger partial charge in [-0.3, -0.25) is 4.79 Å². The maximum absolute atomic E-state index is 13.5. The first-order valence-corrected chi connectivity index (χ1v) is 12.7. The second kappa shape index (κ2) is 8.62. The summed E-state index contributed by atoms with van der Waals surface area (Å²) in [7, 11) is 0. The van der Waals surface area contributed by atoms with Crippen LogP contribution in [-0.4, -0.2) is 25.2 Å². The van der Waals surface area contributed by atoms with Crippen molar-refractivity contribution in [3.63, 3.8) is 0 Å². The maximum Gasteiger partial charge on any atom is 0.246 e. The van der Waals surface area contributed by atoms with Crippen molar-refractivity contribution in [1.29, 1.82) is 0 Å². The summed E-state index contributed by atoms with van der Waals surface area (Å²) in [6.07, 6.45) is 8.57. The first-order valence-electron chi connectivity index (χ1n) is 12.7. The lowest BCUT2D eigenvalue weighted by Gasteiger charge is -2.61. The van der Waals surface area contributed by atoms with Gasteiger partial charge in [-0.05, 0) is 99.8 Å². The highest BCUT2D eigenvalue weighted by atomic mass is 16.2. The zero-order valence-electron chi connectivity index (χ0n) is 20.3. The van der Waals surface area contributed by atoms with E-state index in [9.17, 15) is 4.79 Å². The van der Waals surface area contributed by atoms with E-state index in [1.807, 2.05) is 0 Å². The Hall–Kier alpha value is -2.62. The van der Waals surface area contributed by atoms with Gasteiger partial charge in [-0.2, -0.15) is 5.10 Å². The van der Waals surface area contributed by atoms with Crippen LogP contribution in [0, 0.1) is 24.2 Å². The SMILES string of the molecule is CCN(CC)c1ccc(C=NNC(=O)C23CC4CC(C2)CC(c2ccc(C)cc2)(C4)C3)cc1. The van der Waals surface area contributed by atoms with Crippen molar-refractivity contribution in [2.75, 3.05) is 18.0 Å². The van der Waals surface area contributed by atoms with Crippen LogP contribution in [0.3, 0.4) is 0 Å². The van der Waals surface area contributed by atoms with Gasteiger partial charge in [-0.15, -0.1) is 0 Å². The van der Waals surface area contributed by atoms with Crippen LogP contribution in [-0.2, 0) is 10.2 Å². The second-order valence-corrected chi connectivity index (χ2v) is 10.9. The Morgan fingerprint density at radius 1 is 1.00 bits per heavy atom. The van der Waals surface area contributed by atoms with Gasteiger partial charge in [0, 0.05) is 18.8 Å². The topological polar surface area (TPSA) is 44.7 Å². The van der Waals surface area contributed by atoms with Gasteiger partial charge in [0.05, 0.1) is 11.6 Å². The molecule has 4 aliphatic rings. The lowest BCUT2D eigenvalue weighted by molar-refractivity contribution is -0.149. The van der Waals surface area contributed by atoms with Gasteiger partial charge in [-0.25, -0.2) is 5.43 Å². The van der Waals surface area contributed by atoms with Crippen LogP contribution in [0.15, 0.2) is 53.6 Å². The quantitative estimate of drug-likeness (QED) is 0.432. The lowest BCUT2D eigenvalue weighted by atomic mass is 9.42. The molecule has 0 saturated heterocycles. The number of nitrogens with zero attached hydrogens (tertiary/aromatic N) is 2. The Morgan fingerprint density at radius 2 is 1.64 bits per heavy atom. The van der Waals surface area contributed by atoms with Crippen LogP contribution in [0.1, 0.15) is 69.1 Å². The Kier molecular flexibility index (Phi) is 5.80. The molecule has 0 radical (unpaired) electrons. The Labute approximate surface area is 198 Å². The summed E-state index contributed by atoms with van der Waals surface area (Å²) in [4.78, 5) is 15.8. The number of amides is 1. The average molecular weight is 444 g/mol. The molecule has 2 unspecified atom stereocenters. The van der Waals surface area contributed by atoms with Gasteiger partial charge in [0.1, 0.15) is 0 Å². The molecule has 1 amide bonds. The van der Waals surface area contributed by atoms with Crippen LogP contribution in [0.4, 0.5) is 5.69 Å². The zero-order valence-corrected chi connectivity index (χ0v) is 20.3. The molecule has 33 heavy (non-hydrogen) atoms. The van der Waals surface area contributed by atoms with Crippen LogP contribution in [0.25, 0.3) is 0 Å². The second-order valence-electron chi connectivity index (χ2n) is 10.9. The molecule has 0 aromatic heterocycles. The van der Waals surface area contributed by atoms with Crippen molar-refractivity contribution in [1.82, 2.24) is 5.43 Å². The number of hydrogen-bond donors (Lipinski definition) is 1. The predicted molar refractivity (Wildman–Crippen MR) is 136 cm³/mol. The van der Waals surface area contributed by atoms with Crippen molar-refractivity contribution in [2.24, 2.45) is 22.4 Å². The summed E-state index contributed by atoms with van der Waals surface area (Å²) < 4.78 is 0. The Morgan fingerprint density at radius 3 is 2.24 bits per heavy atom. The van der Waals surface area contributed by atoms with Crippen LogP contribution >= 0.6 is 0 Å². The van der Waals surface area contributed by atoms with Gasteiger partial charge in [0.25, 0.3) is 0 Å². The normalized spacial score (nSPS) is 30.0. The number of hydrogen-bond acceptors (Lipinski definition) is 3. The summed E-state index contributed by atoms with van der Waals surface area (Å²) in [6.45, 7) is 8.47. The van der Waals surface area contributed by atoms with E-state index in [4.69, 9.17) is 0 Å². The van der Waals surface area contributed by atoms with Crippen LogP contribution < -0.4 is 10.3 Å². The molecule has 0 heterocycles. The van der Waals surface area contributed by atoms with E-state index in [2.05, 4.69) is 84.7 Å². The molecule has 4 aliphatic carbocycles. The van der Waals surface area contributed by atoms with E-state index >= 15 is 0 Å². The molecular formula is C29H37N3O. The van der Waals surface area contributed by atoms with E-state index in [1.165, 1.54) is 36.1 Å². The minimum Gasteiger partial charge on any atom is -0.372 e. The Bertz CT molecular complexity index is 1010. The Balaban J connectivity index is 1.30. The van der Waals surface area contributed by atoms with Gasteiger partial charge in [0.15, 0.2) is 0 Å². The number of aryl methyl sites for hydroxylation is 1. The molecule has 4 bridgehead atoms. The fourth-order valence-electron chi connectivity index (χ4n) is 7.42. The molecular weight excluding hydrogens is 406 g/mol. The third kappa shape index (κ3) is 4.09. The van der Waals surface area contributed by atoms with Crippen molar-refractivity contribution in [3.8, 4) is 0 Å². The number of hydrazone groups is 1. The minimum atomic E-state index is -0.265.